The molecule has 0 aliphatic carbocycles. The first-order chi connectivity index (χ1) is 18.1. The maximum atomic E-state index is 6.09. The molecule has 3 N–H and O–H groups in total. The van der Waals surface area contributed by atoms with Gasteiger partial charge in [0.1, 0.15) is 29.5 Å². The lowest BCUT2D eigenvalue weighted by molar-refractivity contribution is 0.0689. The lowest BCUT2D eigenvalue weighted by atomic mass is 10.1. The highest BCUT2D eigenvalue weighted by molar-refractivity contribution is 7.80. The number of hydrogen-bond acceptors (Lipinski definition) is 9. The van der Waals surface area contributed by atoms with E-state index in [0.29, 0.717) is 35.8 Å². The van der Waals surface area contributed by atoms with Crippen molar-refractivity contribution in [3.63, 3.8) is 0 Å². The molecule has 2 aliphatic heterocycles. The topological polar surface area (TPSA) is 108 Å². The molecule has 37 heavy (non-hydrogen) atoms. The van der Waals surface area contributed by atoms with Crippen molar-refractivity contribution in [2.24, 2.45) is 0 Å². The first-order valence-electron chi connectivity index (χ1n) is 11.8. The standard InChI is InChI=1S/C26H29N5O5S/c1-32-17-6-4-15(5-7-17)20-8-9-27-25(29-20)30-21-13-35-24-22(14-36-23(21)24)31-26(37)28-16-10-18(33-2)12-19(11-16)34-3/h4-12,21-24H,13-14H2,1-3H3,(H,27,29,30)(H2,28,31,37). The van der Waals surface area contributed by atoms with Gasteiger partial charge in [-0.15, -0.1) is 0 Å². The number of nitrogens with zero attached hydrogens (tertiary/aromatic N) is 2. The molecule has 3 aromatic rings. The number of benzene rings is 2. The Morgan fingerprint density at radius 2 is 1.51 bits per heavy atom. The highest BCUT2D eigenvalue weighted by atomic mass is 32.1. The van der Waals surface area contributed by atoms with Crippen molar-refractivity contribution < 1.29 is 23.7 Å². The summed E-state index contributed by atoms with van der Waals surface area (Å²) in [5.41, 5.74) is 2.54. The van der Waals surface area contributed by atoms with Crippen LogP contribution in [0.25, 0.3) is 11.3 Å². The van der Waals surface area contributed by atoms with Gasteiger partial charge in [-0.25, -0.2) is 9.97 Å². The fourth-order valence-electron chi connectivity index (χ4n) is 4.48. The van der Waals surface area contributed by atoms with Gasteiger partial charge < -0.3 is 39.6 Å². The molecule has 194 valence electrons. The maximum absolute atomic E-state index is 6.09. The van der Waals surface area contributed by atoms with Gasteiger partial charge in [-0.3, -0.25) is 0 Å². The minimum atomic E-state index is -0.165. The first-order valence-corrected chi connectivity index (χ1v) is 12.2. The predicted molar refractivity (Wildman–Crippen MR) is 144 cm³/mol. The summed E-state index contributed by atoms with van der Waals surface area (Å²) < 4.78 is 28.1. The zero-order valence-electron chi connectivity index (χ0n) is 20.8. The Labute approximate surface area is 220 Å². The number of rotatable bonds is 8. The highest BCUT2D eigenvalue weighted by Crippen LogP contribution is 2.30. The Hall–Kier alpha value is -3.67. The van der Waals surface area contributed by atoms with Crippen molar-refractivity contribution in [2.45, 2.75) is 24.3 Å². The molecule has 0 amide bonds. The van der Waals surface area contributed by atoms with E-state index in [4.69, 9.17) is 35.9 Å². The van der Waals surface area contributed by atoms with Crippen LogP contribution >= 0.6 is 12.2 Å². The number of fused-ring (bicyclic) bond motifs is 1. The van der Waals surface area contributed by atoms with Crippen molar-refractivity contribution >= 4 is 29.0 Å². The number of methoxy groups -OCH3 is 3. The van der Waals surface area contributed by atoms with Crippen molar-refractivity contribution in [1.82, 2.24) is 15.3 Å². The molecule has 0 bridgehead atoms. The summed E-state index contributed by atoms with van der Waals surface area (Å²) in [6.07, 6.45) is 1.41. The van der Waals surface area contributed by atoms with Crippen LogP contribution in [-0.4, -0.2) is 73.9 Å². The number of hydrogen-bond donors (Lipinski definition) is 3. The van der Waals surface area contributed by atoms with Crippen LogP contribution in [0.5, 0.6) is 17.2 Å². The summed E-state index contributed by atoms with van der Waals surface area (Å²) >= 11 is 5.54. The quantitative estimate of drug-likeness (QED) is 0.379. The molecule has 4 atom stereocenters. The van der Waals surface area contributed by atoms with E-state index >= 15 is 0 Å². The van der Waals surface area contributed by atoms with Crippen molar-refractivity contribution in [3.8, 4) is 28.5 Å². The third kappa shape index (κ3) is 5.68. The number of nitrogens with one attached hydrogen (secondary N) is 3. The van der Waals surface area contributed by atoms with Gasteiger partial charge in [-0.2, -0.15) is 0 Å². The van der Waals surface area contributed by atoms with Crippen LogP contribution in [0.3, 0.4) is 0 Å². The predicted octanol–water partition coefficient (Wildman–Crippen LogP) is 3.10. The summed E-state index contributed by atoms with van der Waals surface area (Å²) in [6.45, 7) is 0.931. The van der Waals surface area contributed by atoms with Gasteiger partial charge in [0.25, 0.3) is 0 Å². The fourth-order valence-corrected chi connectivity index (χ4v) is 4.75. The second-order valence-electron chi connectivity index (χ2n) is 8.65. The van der Waals surface area contributed by atoms with Crippen LogP contribution in [0.2, 0.25) is 0 Å². The van der Waals surface area contributed by atoms with Crippen LogP contribution in [-0.2, 0) is 9.47 Å². The van der Waals surface area contributed by atoms with Crippen molar-refractivity contribution in [2.75, 3.05) is 45.2 Å². The molecule has 3 heterocycles. The molecule has 2 fully saturated rings. The van der Waals surface area contributed by atoms with E-state index in [9.17, 15) is 0 Å². The van der Waals surface area contributed by atoms with Crippen LogP contribution < -0.4 is 30.2 Å². The molecular weight excluding hydrogens is 494 g/mol. The molecule has 4 unspecified atom stereocenters. The monoisotopic (exact) mass is 523 g/mol. The minimum absolute atomic E-state index is 0.0907. The molecular formula is C26H29N5O5S. The summed E-state index contributed by atoms with van der Waals surface area (Å²) in [7, 11) is 4.85. The van der Waals surface area contributed by atoms with E-state index in [0.717, 1.165) is 22.7 Å². The zero-order valence-corrected chi connectivity index (χ0v) is 21.6. The Morgan fingerprint density at radius 1 is 0.865 bits per heavy atom. The van der Waals surface area contributed by atoms with Crippen LogP contribution in [0.1, 0.15) is 0 Å². The third-order valence-corrected chi connectivity index (χ3v) is 6.55. The van der Waals surface area contributed by atoms with E-state index < -0.39 is 0 Å². The Balaban J connectivity index is 1.19. The van der Waals surface area contributed by atoms with Gasteiger partial charge >= 0.3 is 0 Å². The third-order valence-electron chi connectivity index (χ3n) is 6.34. The lowest BCUT2D eigenvalue weighted by Crippen LogP contribution is -2.46. The molecule has 0 radical (unpaired) electrons. The molecule has 11 heteroatoms. The second-order valence-corrected chi connectivity index (χ2v) is 9.06. The molecule has 0 saturated carbocycles. The van der Waals surface area contributed by atoms with Gasteiger partial charge in [-0.05, 0) is 42.5 Å². The molecule has 2 aromatic carbocycles. The number of anilines is 2. The Bertz CT molecular complexity index is 1220. The summed E-state index contributed by atoms with van der Waals surface area (Å²) in [6, 6.07) is 14.9. The average Bonchev–Trinajstić information content (AvgIpc) is 3.51. The van der Waals surface area contributed by atoms with Crippen LogP contribution in [0.15, 0.2) is 54.7 Å². The highest BCUT2D eigenvalue weighted by Gasteiger charge is 2.48. The van der Waals surface area contributed by atoms with Gasteiger partial charge in [0.05, 0.1) is 52.3 Å². The smallest absolute Gasteiger partial charge is 0.223 e. The van der Waals surface area contributed by atoms with E-state index in [-0.39, 0.29) is 24.3 Å². The van der Waals surface area contributed by atoms with Gasteiger partial charge in [0.2, 0.25) is 5.95 Å². The number of aromatic nitrogens is 2. The molecule has 2 saturated heterocycles. The van der Waals surface area contributed by atoms with Crippen LogP contribution in [0, 0.1) is 0 Å². The van der Waals surface area contributed by atoms with Crippen molar-refractivity contribution in [3.05, 3.63) is 54.7 Å². The second kappa shape index (κ2) is 11.2. The van der Waals surface area contributed by atoms with Gasteiger partial charge in [0.15, 0.2) is 5.11 Å². The number of thiocarbonyl (C=S) groups is 1. The molecule has 0 spiro atoms. The maximum Gasteiger partial charge on any atom is 0.223 e. The minimum Gasteiger partial charge on any atom is -0.497 e. The van der Waals surface area contributed by atoms with Gasteiger partial charge in [0, 0.05) is 35.6 Å². The average molecular weight is 524 g/mol. The van der Waals surface area contributed by atoms with E-state index in [1.54, 1.807) is 33.6 Å². The summed E-state index contributed by atoms with van der Waals surface area (Å²) in [4.78, 5) is 9.07. The number of ether oxygens (including phenoxy) is 5. The lowest BCUT2D eigenvalue weighted by Gasteiger charge is -2.20. The van der Waals surface area contributed by atoms with Crippen molar-refractivity contribution in [1.29, 1.82) is 0 Å². The Kier molecular flexibility index (Phi) is 7.54. The van der Waals surface area contributed by atoms with E-state index in [2.05, 4.69) is 25.9 Å². The molecule has 2 aliphatic rings. The molecule has 5 rings (SSSR count). The first kappa shape index (κ1) is 25.0. The summed E-state index contributed by atoms with van der Waals surface area (Å²) in [5, 5.41) is 10.3. The molecule has 10 nitrogen and oxygen atoms in total. The van der Waals surface area contributed by atoms with E-state index in [1.807, 2.05) is 42.5 Å². The SMILES string of the molecule is COc1ccc(-c2ccnc(NC3COC4C(NC(=S)Nc5cc(OC)cc(OC)c5)COC34)n2)cc1. The fraction of sp³-hybridized carbons (Fsp3) is 0.346. The zero-order chi connectivity index (χ0) is 25.8. The normalized spacial score (nSPS) is 22.1. The largest absolute Gasteiger partial charge is 0.497 e. The summed E-state index contributed by atoms with van der Waals surface area (Å²) in [5.74, 6) is 2.65. The van der Waals surface area contributed by atoms with Gasteiger partial charge in [-0.1, -0.05) is 0 Å². The van der Waals surface area contributed by atoms with E-state index in [1.165, 1.54) is 0 Å². The molecule has 1 aromatic heterocycles. The Morgan fingerprint density at radius 3 is 2.19 bits per heavy atom. The van der Waals surface area contributed by atoms with Crippen LogP contribution in [0.4, 0.5) is 11.6 Å².